The van der Waals surface area contributed by atoms with Crippen LogP contribution in [0, 0.1) is 5.92 Å². The van der Waals surface area contributed by atoms with Gasteiger partial charge in [0.05, 0.1) is 11.5 Å². The first-order chi connectivity index (χ1) is 6.39. The lowest BCUT2D eigenvalue weighted by atomic mass is 9.87. The molecule has 1 aliphatic rings. The molecule has 1 fully saturated rings. The highest BCUT2D eigenvalue weighted by atomic mass is 16.4. The van der Waals surface area contributed by atoms with E-state index in [9.17, 15) is 9.90 Å². The smallest absolute Gasteiger partial charge is 0.307 e. The van der Waals surface area contributed by atoms with Crippen molar-refractivity contribution in [1.29, 1.82) is 0 Å². The van der Waals surface area contributed by atoms with Crippen molar-refractivity contribution in [3.8, 4) is 0 Å². The van der Waals surface area contributed by atoms with E-state index in [0.29, 0.717) is 13.1 Å². The number of hydrogen-bond acceptors (Lipinski definition) is 3. The monoisotopic (exact) mass is 201 g/mol. The topological polar surface area (TPSA) is 60.8 Å². The molecular weight excluding hydrogens is 182 g/mol. The predicted octanol–water partition coefficient (Wildman–Crippen LogP) is 0.552. The SMILES string of the molecule is CCC1(O)CN(C(C)C(C)C(=O)O)C1. The molecule has 1 rings (SSSR count). The zero-order chi connectivity index (χ0) is 10.9. The summed E-state index contributed by atoms with van der Waals surface area (Å²) in [6.07, 6.45) is 0.734. The molecule has 0 aromatic carbocycles. The third-order valence-electron chi connectivity index (χ3n) is 3.34. The maximum atomic E-state index is 10.7. The second-order valence-electron chi connectivity index (χ2n) is 4.35. The van der Waals surface area contributed by atoms with Gasteiger partial charge in [-0.25, -0.2) is 0 Å². The molecular formula is C10H19NO3. The van der Waals surface area contributed by atoms with Crippen molar-refractivity contribution in [2.75, 3.05) is 13.1 Å². The average Bonchev–Trinajstić information content (AvgIpc) is 2.10. The number of carboxylic acid groups (broad SMARTS) is 1. The summed E-state index contributed by atoms with van der Waals surface area (Å²) in [5, 5.41) is 18.6. The number of rotatable bonds is 4. The van der Waals surface area contributed by atoms with Gasteiger partial charge in [-0.2, -0.15) is 0 Å². The van der Waals surface area contributed by atoms with E-state index < -0.39 is 11.6 Å². The zero-order valence-corrected chi connectivity index (χ0v) is 9.03. The molecule has 0 saturated carbocycles. The normalized spacial score (nSPS) is 25.1. The van der Waals surface area contributed by atoms with E-state index in [-0.39, 0.29) is 12.0 Å². The highest BCUT2D eigenvalue weighted by molar-refractivity contribution is 5.70. The van der Waals surface area contributed by atoms with Gasteiger partial charge in [-0.3, -0.25) is 9.69 Å². The molecule has 14 heavy (non-hydrogen) atoms. The molecule has 0 aromatic heterocycles. The minimum atomic E-state index is -0.774. The first-order valence-corrected chi connectivity index (χ1v) is 5.09. The molecule has 2 atom stereocenters. The van der Waals surface area contributed by atoms with Gasteiger partial charge in [0, 0.05) is 19.1 Å². The van der Waals surface area contributed by atoms with Crippen LogP contribution in [0.1, 0.15) is 27.2 Å². The van der Waals surface area contributed by atoms with E-state index in [2.05, 4.69) is 0 Å². The molecule has 1 saturated heterocycles. The molecule has 1 aliphatic heterocycles. The van der Waals surface area contributed by atoms with Crippen LogP contribution in [-0.2, 0) is 4.79 Å². The van der Waals surface area contributed by atoms with Crippen LogP contribution in [0.15, 0.2) is 0 Å². The third-order valence-corrected chi connectivity index (χ3v) is 3.34. The lowest BCUT2D eigenvalue weighted by molar-refractivity contribution is -0.152. The van der Waals surface area contributed by atoms with Crippen molar-refractivity contribution >= 4 is 5.97 Å². The van der Waals surface area contributed by atoms with Crippen LogP contribution >= 0.6 is 0 Å². The fourth-order valence-electron chi connectivity index (χ4n) is 1.74. The van der Waals surface area contributed by atoms with Crippen molar-refractivity contribution in [2.24, 2.45) is 5.92 Å². The van der Waals surface area contributed by atoms with Crippen LogP contribution in [-0.4, -0.2) is 45.8 Å². The molecule has 0 bridgehead atoms. The summed E-state index contributed by atoms with van der Waals surface area (Å²) in [6.45, 7) is 6.75. The molecule has 82 valence electrons. The summed E-state index contributed by atoms with van der Waals surface area (Å²) in [4.78, 5) is 12.7. The van der Waals surface area contributed by atoms with Gasteiger partial charge < -0.3 is 10.2 Å². The summed E-state index contributed by atoms with van der Waals surface area (Å²) in [7, 11) is 0. The van der Waals surface area contributed by atoms with Crippen LogP contribution in [0.5, 0.6) is 0 Å². The Morgan fingerprint density at radius 1 is 1.50 bits per heavy atom. The summed E-state index contributed by atoms with van der Waals surface area (Å²) in [5.41, 5.74) is -0.577. The van der Waals surface area contributed by atoms with Crippen LogP contribution < -0.4 is 0 Å². The first kappa shape index (κ1) is 11.5. The Balaban J connectivity index is 2.43. The Labute approximate surface area is 84.5 Å². The van der Waals surface area contributed by atoms with E-state index in [4.69, 9.17) is 5.11 Å². The van der Waals surface area contributed by atoms with Gasteiger partial charge >= 0.3 is 5.97 Å². The van der Waals surface area contributed by atoms with Crippen molar-refractivity contribution in [2.45, 2.75) is 38.8 Å². The molecule has 2 N–H and O–H groups in total. The maximum Gasteiger partial charge on any atom is 0.307 e. The molecule has 4 nitrogen and oxygen atoms in total. The lowest BCUT2D eigenvalue weighted by Crippen LogP contribution is -2.65. The number of carboxylic acids is 1. The van der Waals surface area contributed by atoms with E-state index in [0.717, 1.165) is 6.42 Å². The number of carbonyl (C=O) groups is 1. The zero-order valence-electron chi connectivity index (χ0n) is 9.03. The van der Waals surface area contributed by atoms with Gasteiger partial charge in [-0.05, 0) is 13.3 Å². The second-order valence-corrected chi connectivity index (χ2v) is 4.35. The Morgan fingerprint density at radius 2 is 2.00 bits per heavy atom. The summed E-state index contributed by atoms with van der Waals surface area (Å²) < 4.78 is 0. The summed E-state index contributed by atoms with van der Waals surface area (Å²) in [6, 6.07) is -0.000625. The molecule has 0 spiro atoms. The summed E-state index contributed by atoms with van der Waals surface area (Å²) in [5.74, 6) is -1.15. The fourth-order valence-corrected chi connectivity index (χ4v) is 1.74. The molecule has 2 unspecified atom stereocenters. The Bertz CT molecular complexity index is 223. The minimum Gasteiger partial charge on any atom is -0.481 e. The number of aliphatic hydroxyl groups is 1. The van der Waals surface area contributed by atoms with Gasteiger partial charge in [-0.1, -0.05) is 13.8 Å². The molecule has 0 aromatic rings. The molecule has 1 heterocycles. The predicted molar refractivity (Wildman–Crippen MR) is 53.1 cm³/mol. The first-order valence-electron chi connectivity index (χ1n) is 5.09. The Morgan fingerprint density at radius 3 is 2.36 bits per heavy atom. The third kappa shape index (κ3) is 2.07. The lowest BCUT2D eigenvalue weighted by Gasteiger charge is -2.50. The van der Waals surface area contributed by atoms with Crippen molar-refractivity contribution < 1.29 is 15.0 Å². The van der Waals surface area contributed by atoms with Crippen LogP contribution in [0.2, 0.25) is 0 Å². The van der Waals surface area contributed by atoms with E-state index in [1.807, 2.05) is 18.7 Å². The van der Waals surface area contributed by atoms with Gasteiger partial charge in [0.1, 0.15) is 0 Å². The van der Waals surface area contributed by atoms with Crippen molar-refractivity contribution in [3.05, 3.63) is 0 Å². The van der Waals surface area contributed by atoms with Gasteiger partial charge in [0.25, 0.3) is 0 Å². The quantitative estimate of drug-likeness (QED) is 0.697. The second kappa shape index (κ2) is 3.87. The van der Waals surface area contributed by atoms with E-state index >= 15 is 0 Å². The highest BCUT2D eigenvalue weighted by Gasteiger charge is 2.43. The standard InChI is InChI=1S/C10H19NO3/c1-4-10(14)5-11(6-10)8(3)7(2)9(12)13/h7-8,14H,4-6H2,1-3H3,(H,12,13). The van der Waals surface area contributed by atoms with E-state index in [1.54, 1.807) is 6.92 Å². The summed E-state index contributed by atoms with van der Waals surface area (Å²) >= 11 is 0. The van der Waals surface area contributed by atoms with Crippen LogP contribution in [0.4, 0.5) is 0 Å². The van der Waals surface area contributed by atoms with Gasteiger partial charge in [0.15, 0.2) is 0 Å². The molecule has 4 heteroatoms. The number of β-amino-alcohol motifs (C(OH)–C–C–N with tert-alkyl or cyclic N) is 1. The molecule has 0 aliphatic carbocycles. The number of aliphatic carboxylic acids is 1. The fraction of sp³-hybridized carbons (Fsp3) is 0.900. The number of nitrogens with zero attached hydrogens (tertiary/aromatic N) is 1. The van der Waals surface area contributed by atoms with Crippen molar-refractivity contribution in [1.82, 2.24) is 4.90 Å². The van der Waals surface area contributed by atoms with Gasteiger partial charge in [0.2, 0.25) is 0 Å². The highest BCUT2D eigenvalue weighted by Crippen LogP contribution is 2.28. The Hall–Kier alpha value is -0.610. The Kier molecular flexibility index (Phi) is 3.17. The van der Waals surface area contributed by atoms with Crippen LogP contribution in [0.25, 0.3) is 0 Å². The average molecular weight is 201 g/mol. The molecule has 0 radical (unpaired) electrons. The number of hydrogen-bond donors (Lipinski definition) is 2. The van der Waals surface area contributed by atoms with Crippen LogP contribution in [0.3, 0.4) is 0 Å². The number of likely N-dealkylation sites (tertiary alicyclic amines) is 1. The minimum absolute atomic E-state index is 0.000625. The maximum absolute atomic E-state index is 10.7. The van der Waals surface area contributed by atoms with Gasteiger partial charge in [-0.15, -0.1) is 0 Å². The largest absolute Gasteiger partial charge is 0.481 e. The van der Waals surface area contributed by atoms with E-state index in [1.165, 1.54) is 0 Å². The molecule has 0 amide bonds. The van der Waals surface area contributed by atoms with Crippen molar-refractivity contribution in [3.63, 3.8) is 0 Å².